The maximum atomic E-state index is 15.4. The molecule has 0 unspecified atom stereocenters. The number of ether oxygens (including phenoxy) is 1. The molecule has 1 N–H and O–H groups in total. The molecule has 9 heteroatoms. The number of benzene rings is 2. The van der Waals surface area contributed by atoms with Crippen molar-refractivity contribution in [1.82, 2.24) is 19.4 Å². The van der Waals surface area contributed by atoms with Gasteiger partial charge in [-0.25, -0.2) is 14.4 Å². The van der Waals surface area contributed by atoms with Gasteiger partial charge in [0.2, 0.25) is 5.88 Å². The highest BCUT2D eigenvalue weighted by atomic mass is 19.1. The van der Waals surface area contributed by atoms with Gasteiger partial charge in [0.1, 0.15) is 12.4 Å². The van der Waals surface area contributed by atoms with Gasteiger partial charge < -0.3 is 24.4 Å². The lowest BCUT2D eigenvalue weighted by atomic mass is 10.2. The molecule has 1 aliphatic heterocycles. The van der Waals surface area contributed by atoms with E-state index in [-0.39, 0.29) is 23.2 Å². The van der Waals surface area contributed by atoms with Gasteiger partial charge in [-0.3, -0.25) is 0 Å². The summed E-state index contributed by atoms with van der Waals surface area (Å²) in [5.41, 5.74) is 3.80. The number of fused-ring (bicyclic) bond motifs is 1. The zero-order chi connectivity index (χ0) is 26.8. The molecule has 1 fully saturated rings. The normalized spacial score (nSPS) is 14.2. The van der Waals surface area contributed by atoms with Crippen LogP contribution in [0.1, 0.15) is 38.1 Å². The van der Waals surface area contributed by atoms with Crippen LogP contribution in [0.4, 0.5) is 21.6 Å². The molecule has 0 saturated carbocycles. The number of hydrogen-bond acceptors (Lipinski definition) is 7. The maximum Gasteiger partial charge on any atom is 0.242 e. The van der Waals surface area contributed by atoms with Crippen molar-refractivity contribution in [1.29, 1.82) is 5.26 Å². The van der Waals surface area contributed by atoms with E-state index >= 15 is 4.39 Å². The largest absolute Gasteiger partial charge is 0.434 e. The summed E-state index contributed by atoms with van der Waals surface area (Å²) >= 11 is 0. The van der Waals surface area contributed by atoms with E-state index in [0.717, 1.165) is 55.3 Å². The topological polar surface area (TPSA) is 82.2 Å². The highest BCUT2D eigenvalue weighted by molar-refractivity contribution is 5.84. The Hall–Kier alpha value is -4.16. The summed E-state index contributed by atoms with van der Waals surface area (Å²) < 4.78 is 23.4. The number of aromatic nitrogens is 3. The standard InChI is InChI=1S/C29H32FN7O/c1-5-35-12-14-36(15-13-35)22-8-6-21(7-9-22)34-28-24(17-31)29(33-18-32-28)38-26-11-10-25-23(27(26)30)16-20(4)37(25)19(2)3/h6-11,16,18-19H,5,12-15H2,1-4H3,(H,32,33,34). The van der Waals surface area contributed by atoms with E-state index < -0.39 is 5.82 Å². The second kappa shape index (κ2) is 10.7. The fraction of sp³-hybridized carbons (Fsp3) is 0.345. The molecule has 1 saturated heterocycles. The Morgan fingerprint density at radius 1 is 1.08 bits per heavy atom. The van der Waals surface area contributed by atoms with Crippen LogP contribution < -0.4 is 15.0 Å². The second-order valence-electron chi connectivity index (χ2n) is 9.77. The molecule has 0 spiro atoms. The second-order valence-corrected chi connectivity index (χ2v) is 9.77. The smallest absolute Gasteiger partial charge is 0.242 e. The number of nitriles is 1. The first-order valence-corrected chi connectivity index (χ1v) is 13.0. The molecule has 196 valence electrons. The molecular formula is C29H32FN7O. The Labute approximate surface area is 222 Å². The molecule has 3 heterocycles. The average molecular weight is 514 g/mol. The number of likely N-dealkylation sites (N-methyl/N-ethyl adjacent to an activating group) is 1. The van der Waals surface area contributed by atoms with Gasteiger partial charge in [-0.15, -0.1) is 0 Å². The minimum Gasteiger partial charge on any atom is -0.434 e. The Morgan fingerprint density at radius 3 is 2.47 bits per heavy atom. The third kappa shape index (κ3) is 4.87. The number of piperazine rings is 1. The number of nitrogens with zero attached hydrogens (tertiary/aromatic N) is 6. The van der Waals surface area contributed by atoms with Gasteiger partial charge in [0.15, 0.2) is 22.9 Å². The lowest BCUT2D eigenvalue weighted by molar-refractivity contribution is 0.271. The highest BCUT2D eigenvalue weighted by Crippen LogP contribution is 2.35. The van der Waals surface area contributed by atoms with Crippen molar-refractivity contribution in [2.75, 3.05) is 42.9 Å². The van der Waals surface area contributed by atoms with Crippen LogP contribution in [0.5, 0.6) is 11.6 Å². The Bertz CT molecular complexity index is 1480. The molecule has 0 atom stereocenters. The minimum atomic E-state index is -0.489. The summed E-state index contributed by atoms with van der Waals surface area (Å²) in [5, 5.41) is 13.5. The van der Waals surface area contributed by atoms with Gasteiger partial charge in [-0.05, 0) is 69.8 Å². The van der Waals surface area contributed by atoms with E-state index in [1.807, 2.05) is 31.2 Å². The molecule has 8 nitrogen and oxygen atoms in total. The highest BCUT2D eigenvalue weighted by Gasteiger charge is 2.20. The van der Waals surface area contributed by atoms with Gasteiger partial charge in [0.25, 0.3) is 0 Å². The summed E-state index contributed by atoms with van der Waals surface area (Å²) in [4.78, 5) is 13.2. The Balaban J connectivity index is 1.36. The molecule has 2 aromatic carbocycles. The molecule has 38 heavy (non-hydrogen) atoms. The molecule has 2 aromatic heterocycles. The Morgan fingerprint density at radius 2 is 1.82 bits per heavy atom. The van der Waals surface area contributed by atoms with Crippen molar-refractivity contribution in [2.24, 2.45) is 0 Å². The first-order chi connectivity index (χ1) is 18.4. The van der Waals surface area contributed by atoms with E-state index in [9.17, 15) is 5.26 Å². The van der Waals surface area contributed by atoms with Crippen molar-refractivity contribution in [2.45, 2.75) is 33.7 Å². The van der Waals surface area contributed by atoms with Crippen molar-refractivity contribution < 1.29 is 9.13 Å². The van der Waals surface area contributed by atoms with Gasteiger partial charge in [0.05, 0.1) is 5.52 Å². The van der Waals surface area contributed by atoms with Gasteiger partial charge in [-0.2, -0.15) is 5.26 Å². The number of anilines is 3. The molecule has 0 radical (unpaired) electrons. The van der Waals surface area contributed by atoms with Crippen LogP contribution in [-0.2, 0) is 0 Å². The lowest BCUT2D eigenvalue weighted by Gasteiger charge is -2.35. The number of nitrogens with one attached hydrogen (secondary N) is 1. The number of aryl methyl sites for hydroxylation is 1. The number of rotatable bonds is 7. The van der Waals surface area contributed by atoms with Crippen LogP contribution in [0.2, 0.25) is 0 Å². The quantitative estimate of drug-likeness (QED) is 0.324. The number of halogens is 1. The maximum absolute atomic E-state index is 15.4. The zero-order valence-electron chi connectivity index (χ0n) is 22.2. The van der Waals surface area contributed by atoms with E-state index in [0.29, 0.717) is 11.2 Å². The molecule has 5 rings (SSSR count). The van der Waals surface area contributed by atoms with E-state index in [4.69, 9.17) is 4.74 Å². The summed E-state index contributed by atoms with van der Waals surface area (Å²) in [6.07, 6.45) is 1.30. The van der Waals surface area contributed by atoms with E-state index in [1.54, 1.807) is 6.07 Å². The van der Waals surface area contributed by atoms with Crippen LogP contribution in [-0.4, -0.2) is 52.2 Å². The van der Waals surface area contributed by atoms with Crippen LogP contribution in [0.25, 0.3) is 10.9 Å². The van der Waals surface area contributed by atoms with Gasteiger partial charge in [0, 0.05) is 54.7 Å². The SMILES string of the molecule is CCN1CCN(c2ccc(Nc3ncnc(Oc4ccc5c(cc(C)n5C(C)C)c4F)c3C#N)cc2)CC1. The number of hydrogen-bond donors (Lipinski definition) is 1. The van der Waals surface area contributed by atoms with Crippen molar-refractivity contribution in [3.8, 4) is 17.7 Å². The van der Waals surface area contributed by atoms with Gasteiger partial charge in [-0.1, -0.05) is 6.92 Å². The monoisotopic (exact) mass is 513 g/mol. The van der Waals surface area contributed by atoms with Crippen molar-refractivity contribution >= 4 is 28.1 Å². The van der Waals surface area contributed by atoms with E-state index in [2.05, 4.69) is 68.6 Å². The lowest BCUT2D eigenvalue weighted by Crippen LogP contribution is -2.46. The Kier molecular flexibility index (Phi) is 7.16. The third-order valence-electron chi connectivity index (χ3n) is 7.08. The molecular weight excluding hydrogens is 481 g/mol. The minimum absolute atomic E-state index is 0.00585. The van der Waals surface area contributed by atoms with Crippen LogP contribution >= 0.6 is 0 Å². The zero-order valence-corrected chi connectivity index (χ0v) is 22.2. The fourth-order valence-corrected chi connectivity index (χ4v) is 5.10. The third-order valence-corrected chi connectivity index (χ3v) is 7.08. The summed E-state index contributed by atoms with van der Waals surface area (Å²) in [6.45, 7) is 13.5. The summed E-state index contributed by atoms with van der Waals surface area (Å²) in [6, 6.07) is 15.6. The molecule has 1 aliphatic rings. The predicted octanol–water partition coefficient (Wildman–Crippen LogP) is 6.01. The van der Waals surface area contributed by atoms with Crippen LogP contribution in [0, 0.1) is 24.1 Å². The van der Waals surface area contributed by atoms with Crippen molar-refractivity contribution in [3.05, 3.63) is 65.9 Å². The first-order valence-electron chi connectivity index (χ1n) is 13.0. The molecule has 4 aromatic rings. The molecule has 0 amide bonds. The molecule has 0 bridgehead atoms. The van der Waals surface area contributed by atoms with Crippen LogP contribution in [0.3, 0.4) is 0 Å². The van der Waals surface area contributed by atoms with Crippen molar-refractivity contribution in [3.63, 3.8) is 0 Å². The van der Waals surface area contributed by atoms with Gasteiger partial charge >= 0.3 is 0 Å². The summed E-state index contributed by atoms with van der Waals surface area (Å²) in [7, 11) is 0. The first kappa shape index (κ1) is 25.5. The predicted molar refractivity (Wildman–Crippen MR) is 148 cm³/mol. The summed E-state index contributed by atoms with van der Waals surface area (Å²) in [5.74, 6) is -0.191. The fourth-order valence-electron chi connectivity index (χ4n) is 5.10. The van der Waals surface area contributed by atoms with E-state index in [1.165, 1.54) is 6.33 Å². The molecule has 0 aliphatic carbocycles. The average Bonchev–Trinajstić information content (AvgIpc) is 3.28. The van der Waals surface area contributed by atoms with Crippen LogP contribution in [0.15, 0.2) is 48.8 Å².